The van der Waals surface area contributed by atoms with E-state index in [-0.39, 0.29) is 0 Å². The first-order chi connectivity index (χ1) is 8.70. The van der Waals surface area contributed by atoms with Crippen molar-refractivity contribution in [2.24, 2.45) is 0 Å². The van der Waals surface area contributed by atoms with Gasteiger partial charge in [-0.2, -0.15) is 0 Å². The molecule has 1 heterocycles. The van der Waals surface area contributed by atoms with E-state index in [1.807, 2.05) is 18.2 Å². The van der Waals surface area contributed by atoms with E-state index < -0.39 is 0 Å². The number of nitrogens with two attached hydrogens (primary N) is 1. The molecule has 0 aliphatic carbocycles. The fourth-order valence-corrected chi connectivity index (χ4v) is 1.69. The third-order valence-corrected chi connectivity index (χ3v) is 2.61. The Morgan fingerprint density at radius 1 is 1.44 bits per heavy atom. The molecule has 18 heavy (non-hydrogen) atoms. The maximum atomic E-state index is 5.93. The number of hydrogen-bond donors (Lipinski definition) is 2. The normalized spacial score (nSPS) is 9.67. The molecule has 2 rings (SSSR count). The van der Waals surface area contributed by atoms with Crippen LogP contribution in [0.4, 0.5) is 5.69 Å². The van der Waals surface area contributed by atoms with Crippen LogP contribution in [0.25, 0.3) is 0 Å². The van der Waals surface area contributed by atoms with Crippen molar-refractivity contribution in [3.05, 3.63) is 41.6 Å². The minimum absolute atomic E-state index is 0.335. The molecule has 1 aromatic carbocycles. The molecule has 0 bridgehead atoms. The summed E-state index contributed by atoms with van der Waals surface area (Å²) in [5.41, 5.74) is 8.35. The van der Waals surface area contributed by atoms with E-state index in [1.165, 1.54) is 4.09 Å². The first kappa shape index (κ1) is 12.4. The molecule has 92 valence electrons. The summed E-state index contributed by atoms with van der Waals surface area (Å²) in [5.74, 6) is 6.37. The number of hydrogen-bond acceptors (Lipinski definition) is 4. The predicted molar refractivity (Wildman–Crippen MR) is 74.3 cm³/mol. The van der Waals surface area contributed by atoms with Gasteiger partial charge >= 0.3 is 0 Å². The summed E-state index contributed by atoms with van der Waals surface area (Å²) in [5, 5.41) is 4.01. The van der Waals surface area contributed by atoms with Gasteiger partial charge in [-0.1, -0.05) is 12.0 Å². The van der Waals surface area contributed by atoms with E-state index in [0.29, 0.717) is 18.2 Å². The number of rotatable bonds is 3. The second kappa shape index (κ2) is 5.52. The maximum absolute atomic E-state index is 5.93. The number of anilines is 1. The molecule has 4 nitrogen and oxygen atoms in total. The lowest BCUT2D eigenvalue weighted by Crippen LogP contribution is -2.03. The second-order valence-electron chi connectivity index (χ2n) is 3.61. The number of thiol groups is 1. The highest BCUT2D eigenvalue weighted by atomic mass is 32.1. The van der Waals surface area contributed by atoms with Crippen LogP contribution in [0.2, 0.25) is 0 Å². The molecule has 0 radical (unpaired) electrons. The average Bonchev–Trinajstić information content (AvgIpc) is 2.75. The number of aromatic nitrogens is 2. The van der Waals surface area contributed by atoms with Crippen LogP contribution in [0.3, 0.4) is 0 Å². The van der Waals surface area contributed by atoms with Crippen LogP contribution in [-0.4, -0.2) is 9.19 Å². The summed E-state index contributed by atoms with van der Waals surface area (Å²) in [6, 6.07) is 7.36. The molecule has 0 saturated carbocycles. The van der Waals surface area contributed by atoms with E-state index >= 15 is 0 Å². The lowest BCUT2D eigenvalue weighted by molar-refractivity contribution is 0.293. The zero-order valence-corrected chi connectivity index (χ0v) is 10.8. The molecule has 2 aromatic rings. The molecule has 0 fully saturated rings. The zero-order chi connectivity index (χ0) is 13.0. The van der Waals surface area contributed by atoms with Gasteiger partial charge in [-0.15, -0.1) is 11.0 Å². The van der Waals surface area contributed by atoms with Gasteiger partial charge in [0.1, 0.15) is 6.61 Å². The smallest absolute Gasteiger partial charge is 0.234 e. The van der Waals surface area contributed by atoms with Crippen molar-refractivity contribution >= 4 is 18.5 Å². The Hall–Kier alpha value is -2.06. The molecule has 0 aliphatic heterocycles. The van der Waals surface area contributed by atoms with Crippen molar-refractivity contribution in [3.8, 4) is 17.7 Å². The third-order valence-electron chi connectivity index (χ3n) is 2.39. The minimum Gasteiger partial charge on any atom is -0.472 e. The number of nitrogen functional groups attached to an aromatic ring is 1. The highest BCUT2D eigenvalue weighted by molar-refractivity contribution is 7.78. The van der Waals surface area contributed by atoms with Crippen LogP contribution in [0, 0.1) is 11.8 Å². The van der Waals surface area contributed by atoms with Crippen molar-refractivity contribution in [3.63, 3.8) is 0 Å². The molecule has 0 atom stereocenters. The van der Waals surface area contributed by atoms with Crippen molar-refractivity contribution in [2.75, 3.05) is 5.73 Å². The van der Waals surface area contributed by atoms with Crippen molar-refractivity contribution < 1.29 is 4.74 Å². The molecule has 0 unspecified atom stereocenters. The Kier molecular flexibility index (Phi) is 3.80. The summed E-state index contributed by atoms with van der Waals surface area (Å²) in [7, 11) is 0. The van der Waals surface area contributed by atoms with Gasteiger partial charge in [0, 0.05) is 29.1 Å². The van der Waals surface area contributed by atoms with Gasteiger partial charge in [-0.05, 0) is 31.9 Å². The first-order valence-corrected chi connectivity index (χ1v) is 5.78. The van der Waals surface area contributed by atoms with Gasteiger partial charge in [-0.25, -0.2) is 4.09 Å². The van der Waals surface area contributed by atoms with Crippen LogP contribution in [0.1, 0.15) is 18.1 Å². The second-order valence-corrected chi connectivity index (χ2v) is 4.02. The summed E-state index contributed by atoms with van der Waals surface area (Å²) < 4.78 is 6.94. The van der Waals surface area contributed by atoms with Gasteiger partial charge in [-0.3, -0.25) is 0 Å². The lowest BCUT2D eigenvalue weighted by Gasteiger charge is -2.08. The Morgan fingerprint density at radius 2 is 2.28 bits per heavy atom. The van der Waals surface area contributed by atoms with Crippen molar-refractivity contribution in [2.45, 2.75) is 13.5 Å². The van der Waals surface area contributed by atoms with Crippen LogP contribution in [0.5, 0.6) is 5.88 Å². The van der Waals surface area contributed by atoms with Crippen LogP contribution in [0.15, 0.2) is 30.5 Å². The molecule has 0 aliphatic rings. The maximum Gasteiger partial charge on any atom is 0.234 e. The minimum atomic E-state index is 0.335. The van der Waals surface area contributed by atoms with Crippen LogP contribution >= 0.6 is 12.8 Å². The molecule has 0 spiro atoms. The Morgan fingerprint density at radius 3 is 2.94 bits per heavy atom. The standard InChI is InChI=1S/C13H13N3OS/c1-2-4-10-5-3-6-12(14)11(10)9-17-13-7-8-16(18)15-13/h3,5-8,18H,9,14H2,1H3. The monoisotopic (exact) mass is 259 g/mol. The quantitative estimate of drug-likeness (QED) is 0.504. The zero-order valence-electron chi connectivity index (χ0n) is 9.92. The van der Waals surface area contributed by atoms with Gasteiger partial charge in [0.2, 0.25) is 5.88 Å². The van der Waals surface area contributed by atoms with Crippen LogP contribution < -0.4 is 10.5 Å². The van der Waals surface area contributed by atoms with Crippen molar-refractivity contribution in [1.29, 1.82) is 0 Å². The van der Waals surface area contributed by atoms with E-state index in [4.69, 9.17) is 10.5 Å². The Bertz CT molecular complexity index is 610. The summed E-state index contributed by atoms with van der Waals surface area (Å²) in [6.07, 6.45) is 1.69. The fraction of sp³-hybridized carbons (Fsp3) is 0.154. The number of ether oxygens (including phenoxy) is 1. The average molecular weight is 259 g/mol. The molecule has 0 saturated heterocycles. The van der Waals surface area contributed by atoms with Gasteiger partial charge < -0.3 is 10.5 Å². The SMILES string of the molecule is CC#Cc1cccc(N)c1COc1ccn(S)n1. The Balaban J connectivity index is 2.19. The van der Waals surface area contributed by atoms with Crippen LogP contribution in [-0.2, 0) is 6.61 Å². The topological polar surface area (TPSA) is 53.1 Å². The highest BCUT2D eigenvalue weighted by Gasteiger charge is 2.06. The molecule has 0 amide bonds. The highest BCUT2D eigenvalue weighted by Crippen LogP contribution is 2.19. The largest absolute Gasteiger partial charge is 0.472 e. The summed E-state index contributed by atoms with van der Waals surface area (Å²) >= 11 is 4.04. The summed E-state index contributed by atoms with van der Waals surface area (Å²) in [4.78, 5) is 0. The summed E-state index contributed by atoms with van der Waals surface area (Å²) in [6.45, 7) is 2.12. The molecular weight excluding hydrogens is 246 g/mol. The van der Waals surface area contributed by atoms with Gasteiger partial charge in [0.25, 0.3) is 0 Å². The van der Waals surface area contributed by atoms with E-state index in [2.05, 4.69) is 29.8 Å². The van der Waals surface area contributed by atoms with Gasteiger partial charge in [0.05, 0.1) is 0 Å². The molecule has 5 heteroatoms. The Labute approximate surface area is 111 Å². The third kappa shape index (κ3) is 2.79. The van der Waals surface area contributed by atoms with Gasteiger partial charge in [0.15, 0.2) is 0 Å². The molecular formula is C13H13N3OS. The lowest BCUT2D eigenvalue weighted by atomic mass is 10.1. The first-order valence-electron chi connectivity index (χ1n) is 5.38. The molecule has 2 N–H and O–H groups in total. The molecule has 1 aromatic heterocycles. The number of benzene rings is 1. The fourth-order valence-electron chi connectivity index (χ4n) is 1.54. The number of nitrogens with zero attached hydrogens (tertiary/aromatic N) is 2. The van der Waals surface area contributed by atoms with E-state index in [0.717, 1.165) is 11.1 Å². The predicted octanol–water partition coefficient (Wildman–Crippen LogP) is 2.11. The van der Waals surface area contributed by atoms with E-state index in [1.54, 1.807) is 19.2 Å². The van der Waals surface area contributed by atoms with Crippen molar-refractivity contribution in [1.82, 2.24) is 9.19 Å². The van der Waals surface area contributed by atoms with E-state index in [9.17, 15) is 0 Å².